The van der Waals surface area contributed by atoms with Crippen molar-refractivity contribution in [3.8, 4) is 16.8 Å². The minimum atomic E-state index is -3.40. The van der Waals surface area contributed by atoms with Gasteiger partial charge in [-0.2, -0.15) is 0 Å². The van der Waals surface area contributed by atoms with E-state index in [1.807, 2.05) is 62.6 Å². The summed E-state index contributed by atoms with van der Waals surface area (Å²) in [6, 6.07) is 14.7. The lowest BCUT2D eigenvalue weighted by Gasteiger charge is -2.22. The Morgan fingerprint density at radius 3 is 2.17 bits per heavy atom. The van der Waals surface area contributed by atoms with E-state index in [-0.39, 0.29) is 15.9 Å². The first-order valence-corrected chi connectivity index (χ1v) is 11.6. The van der Waals surface area contributed by atoms with Crippen molar-refractivity contribution in [1.82, 2.24) is 4.57 Å². The number of carboxylic acid groups (broad SMARTS) is 1. The van der Waals surface area contributed by atoms with E-state index in [4.69, 9.17) is 0 Å². The zero-order valence-electron chi connectivity index (χ0n) is 18.1. The Hall–Kier alpha value is -2.86. The van der Waals surface area contributed by atoms with Crippen molar-refractivity contribution in [2.45, 2.75) is 44.9 Å². The summed E-state index contributed by atoms with van der Waals surface area (Å²) in [4.78, 5) is 11.9. The zero-order valence-corrected chi connectivity index (χ0v) is 19.0. The summed E-state index contributed by atoms with van der Waals surface area (Å²) in [5, 5.41) is 9.51. The average molecular weight is 426 g/mol. The van der Waals surface area contributed by atoms with E-state index in [1.165, 1.54) is 6.26 Å². The third-order valence-corrected chi connectivity index (χ3v) is 6.41. The summed E-state index contributed by atoms with van der Waals surface area (Å²) in [5.74, 6) is -0.971. The number of sulfone groups is 1. The van der Waals surface area contributed by atoms with Crippen molar-refractivity contribution in [3.63, 3.8) is 0 Å². The number of rotatable bonds is 4. The molecule has 3 rings (SSSR count). The van der Waals surface area contributed by atoms with Gasteiger partial charge in [0.2, 0.25) is 0 Å². The lowest BCUT2D eigenvalue weighted by molar-refractivity contribution is 0.0696. The summed E-state index contributed by atoms with van der Waals surface area (Å²) in [5.41, 5.74) is 4.79. The molecule has 0 amide bonds. The Kier molecular flexibility index (Phi) is 5.41. The lowest BCUT2D eigenvalue weighted by atomic mass is 9.85. The van der Waals surface area contributed by atoms with Crippen LogP contribution < -0.4 is 0 Å². The molecule has 0 saturated carbocycles. The molecule has 0 aliphatic rings. The number of aryl methyl sites for hydroxylation is 1. The van der Waals surface area contributed by atoms with Crippen LogP contribution in [0.25, 0.3) is 16.8 Å². The van der Waals surface area contributed by atoms with Gasteiger partial charge in [-0.15, -0.1) is 0 Å². The standard InChI is InChI=1S/C24H27NO4S/c1-15-11-21(23(26)27)16(2)25(15)22-10-8-7-9-20(22)17-12-18(24(3,4)5)14-19(13-17)30(6,28)29/h7-14H,1-6H3,(H,26,27). The highest BCUT2D eigenvalue weighted by Crippen LogP contribution is 2.35. The lowest BCUT2D eigenvalue weighted by Crippen LogP contribution is -2.13. The van der Waals surface area contributed by atoms with Crippen LogP contribution in [0, 0.1) is 13.8 Å². The molecule has 3 aromatic rings. The summed E-state index contributed by atoms with van der Waals surface area (Å²) in [6.45, 7) is 9.78. The van der Waals surface area contributed by atoms with Crippen molar-refractivity contribution < 1.29 is 18.3 Å². The number of aromatic nitrogens is 1. The Bertz CT molecular complexity index is 1240. The van der Waals surface area contributed by atoms with Crippen LogP contribution in [0.15, 0.2) is 53.4 Å². The van der Waals surface area contributed by atoms with Gasteiger partial charge in [0.05, 0.1) is 16.1 Å². The van der Waals surface area contributed by atoms with E-state index in [0.29, 0.717) is 5.69 Å². The molecule has 0 saturated heterocycles. The van der Waals surface area contributed by atoms with Crippen molar-refractivity contribution in [1.29, 1.82) is 0 Å². The Balaban J connectivity index is 2.34. The van der Waals surface area contributed by atoms with E-state index in [0.717, 1.165) is 28.1 Å². The molecule has 0 atom stereocenters. The summed E-state index contributed by atoms with van der Waals surface area (Å²) in [7, 11) is -3.40. The molecule has 0 spiro atoms. The highest BCUT2D eigenvalue weighted by Gasteiger charge is 2.22. The average Bonchev–Trinajstić information content (AvgIpc) is 2.94. The maximum absolute atomic E-state index is 12.4. The van der Waals surface area contributed by atoms with Crippen LogP contribution in [-0.4, -0.2) is 30.3 Å². The van der Waals surface area contributed by atoms with Crippen LogP contribution in [0.2, 0.25) is 0 Å². The zero-order chi connectivity index (χ0) is 22.4. The Morgan fingerprint density at radius 2 is 1.63 bits per heavy atom. The third-order valence-electron chi connectivity index (χ3n) is 5.32. The molecule has 0 radical (unpaired) electrons. The molecule has 0 bridgehead atoms. The number of hydrogen-bond acceptors (Lipinski definition) is 3. The van der Waals surface area contributed by atoms with Crippen molar-refractivity contribution in [3.05, 3.63) is 71.0 Å². The molecule has 0 unspecified atom stereocenters. The predicted octanol–water partition coefficient (Wildman–Crippen LogP) is 5.16. The van der Waals surface area contributed by atoms with Gasteiger partial charge in [0, 0.05) is 23.2 Å². The molecule has 5 nitrogen and oxygen atoms in total. The quantitative estimate of drug-likeness (QED) is 0.626. The van der Waals surface area contributed by atoms with Gasteiger partial charge in [0.1, 0.15) is 0 Å². The van der Waals surface area contributed by atoms with Crippen LogP contribution in [0.5, 0.6) is 0 Å². The van der Waals surface area contributed by atoms with Crippen LogP contribution in [-0.2, 0) is 15.3 Å². The third kappa shape index (κ3) is 4.05. The van der Waals surface area contributed by atoms with Crippen molar-refractivity contribution >= 4 is 15.8 Å². The first kappa shape index (κ1) is 21.8. The second kappa shape index (κ2) is 7.43. The molecule has 158 valence electrons. The largest absolute Gasteiger partial charge is 0.478 e. The van der Waals surface area contributed by atoms with Gasteiger partial charge in [0.25, 0.3) is 0 Å². The molecule has 0 fully saturated rings. The van der Waals surface area contributed by atoms with Crippen LogP contribution in [0.1, 0.15) is 48.1 Å². The minimum absolute atomic E-state index is 0.236. The maximum Gasteiger partial charge on any atom is 0.337 e. The number of aromatic carboxylic acids is 1. The first-order valence-electron chi connectivity index (χ1n) is 9.68. The number of carbonyl (C=O) groups is 1. The number of benzene rings is 2. The highest BCUT2D eigenvalue weighted by atomic mass is 32.2. The summed E-state index contributed by atoms with van der Waals surface area (Å²) < 4.78 is 26.6. The highest BCUT2D eigenvalue weighted by molar-refractivity contribution is 7.90. The fourth-order valence-corrected chi connectivity index (χ4v) is 4.35. The van der Waals surface area contributed by atoms with Gasteiger partial charge in [-0.3, -0.25) is 0 Å². The molecule has 0 aliphatic carbocycles. The van der Waals surface area contributed by atoms with Crippen LogP contribution in [0.4, 0.5) is 0 Å². The van der Waals surface area contributed by atoms with E-state index in [9.17, 15) is 18.3 Å². The summed E-state index contributed by atoms with van der Waals surface area (Å²) in [6.07, 6.45) is 1.21. The predicted molar refractivity (Wildman–Crippen MR) is 119 cm³/mol. The fraction of sp³-hybridized carbons (Fsp3) is 0.292. The maximum atomic E-state index is 12.4. The molecule has 0 aliphatic heterocycles. The van der Waals surface area contributed by atoms with Crippen molar-refractivity contribution in [2.24, 2.45) is 0 Å². The topological polar surface area (TPSA) is 76.4 Å². The first-order chi connectivity index (χ1) is 13.8. The number of hydrogen-bond donors (Lipinski definition) is 1. The SMILES string of the molecule is Cc1cc(C(=O)O)c(C)n1-c1ccccc1-c1cc(C(C)(C)C)cc(S(C)(=O)=O)c1. The monoisotopic (exact) mass is 425 g/mol. The number of carboxylic acids is 1. The van der Waals surface area contributed by atoms with E-state index < -0.39 is 15.8 Å². The van der Waals surface area contributed by atoms with Gasteiger partial charge in [-0.25, -0.2) is 13.2 Å². The molecule has 1 aromatic heterocycles. The second-order valence-electron chi connectivity index (χ2n) is 8.71. The molecule has 1 heterocycles. The molecular formula is C24H27NO4S. The number of nitrogens with zero attached hydrogens (tertiary/aromatic N) is 1. The molecule has 1 N–H and O–H groups in total. The van der Waals surface area contributed by atoms with E-state index in [1.54, 1.807) is 25.1 Å². The van der Waals surface area contributed by atoms with Gasteiger partial charge in [-0.1, -0.05) is 45.0 Å². The Morgan fingerprint density at radius 1 is 1.00 bits per heavy atom. The van der Waals surface area contributed by atoms with Gasteiger partial charge in [0.15, 0.2) is 9.84 Å². The van der Waals surface area contributed by atoms with E-state index >= 15 is 0 Å². The normalized spacial score (nSPS) is 12.2. The molecule has 6 heteroatoms. The molecular weight excluding hydrogens is 398 g/mol. The second-order valence-corrected chi connectivity index (χ2v) is 10.7. The van der Waals surface area contributed by atoms with E-state index in [2.05, 4.69) is 0 Å². The smallest absolute Gasteiger partial charge is 0.337 e. The van der Waals surface area contributed by atoms with Crippen LogP contribution >= 0.6 is 0 Å². The minimum Gasteiger partial charge on any atom is -0.478 e. The fourth-order valence-electron chi connectivity index (χ4n) is 3.66. The van der Waals surface area contributed by atoms with Crippen LogP contribution in [0.3, 0.4) is 0 Å². The summed E-state index contributed by atoms with van der Waals surface area (Å²) >= 11 is 0. The molecule has 2 aromatic carbocycles. The van der Waals surface area contributed by atoms with Gasteiger partial charge in [-0.05, 0) is 54.7 Å². The number of para-hydroxylation sites is 1. The van der Waals surface area contributed by atoms with Gasteiger partial charge >= 0.3 is 5.97 Å². The Labute approximate surface area is 177 Å². The van der Waals surface area contributed by atoms with Gasteiger partial charge < -0.3 is 9.67 Å². The van der Waals surface area contributed by atoms with Crippen molar-refractivity contribution in [2.75, 3.05) is 6.26 Å². The molecule has 30 heavy (non-hydrogen) atoms.